The molecule has 4 N–H and O–H groups in total. The number of fused-ring (bicyclic) bond motifs is 1. The molecule has 0 saturated carbocycles. The van der Waals surface area contributed by atoms with Crippen molar-refractivity contribution >= 4 is 45.5 Å². The SMILES string of the molecule is COc1cc(Cl)cc2c1NC(Nc1cccc(C(C)=O)c1)=NS2(O)O. The van der Waals surface area contributed by atoms with Gasteiger partial charge in [-0.1, -0.05) is 34.5 Å². The highest BCUT2D eigenvalue weighted by molar-refractivity contribution is 8.23. The minimum atomic E-state index is -3.46. The Labute approximate surface area is 151 Å². The number of rotatable bonds is 3. The van der Waals surface area contributed by atoms with E-state index in [9.17, 15) is 13.9 Å². The molecule has 1 aliphatic heterocycles. The summed E-state index contributed by atoms with van der Waals surface area (Å²) in [6, 6.07) is 9.77. The van der Waals surface area contributed by atoms with Crippen LogP contribution in [0.5, 0.6) is 5.75 Å². The summed E-state index contributed by atoms with van der Waals surface area (Å²) in [5, 5.41) is 6.21. The number of ketones is 1. The van der Waals surface area contributed by atoms with E-state index in [0.717, 1.165) is 0 Å². The zero-order chi connectivity index (χ0) is 18.2. The van der Waals surface area contributed by atoms with Crippen molar-refractivity contribution in [2.45, 2.75) is 11.8 Å². The Hall–Kier alpha value is -2.26. The quantitative estimate of drug-likeness (QED) is 0.585. The van der Waals surface area contributed by atoms with Crippen LogP contribution in [0.4, 0.5) is 11.4 Å². The van der Waals surface area contributed by atoms with Crippen molar-refractivity contribution in [2.75, 3.05) is 17.7 Å². The average Bonchev–Trinajstić information content (AvgIpc) is 2.54. The Morgan fingerprint density at radius 1 is 1.32 bits per heavy atom. The van der Waals surface area contributed by atoms with E-state index in [0.29, 0.717) is 27.7 Å². The predicted octanol–water partition coefficient (Wildman–Crippen LogP) is 4.47. The third-order valence-electron chi connectivity index (χ3n) is 3.54. The third-order valence-corrected chi connectivity index (χ3v) is 5.11. The lowest BCUT2D eigenvalue weighted by Crippen LogP contribution is -2.27. The molecule has 2 aromatic carbocycles. The minimum absolute atomic E-state index is 0.0758. The summed E-state index contributed by atoms with van der Waals surface area (Å²) in [7, 11) is -2.01. The Bertz CT molecular complexity index is 886. The number of hydrogen-bond donors (Lipinski definition) is 4. The third kappa shape index (κ3) is 3.57. The number of Topliss-reactive ketones (excluding diaryl/α,β-unsaturated/α-hetero) is 1. The molecule has 25 heavy (non-hydrogen) atoms. The molecule has 0 aliphatic carbocycles. The van der Waals surface area contributed by atoms with Gasteiger partial charge >= 0.3 is 0 Å². The number of methoxy groups -OCH3 is 1. The second-order valence-electron chi connectivity index (χ2n) is 5.33. The van der Waals surface area contributed by atoms with Crippen molar-refractivity contribution in [1.29, 1.82) is 0 Å². The lowest BCUT2D eigenvalue weighted by Gasteiger charge is -2.34. The van der Waals surface area contributed by atoms with Crippen LogP contribution < -0.4 is 15.4 Å². The smallest absolute Gasteiger partial charge is 0.223 e. The number of anilines is 2. The topological polar surface area (TPSA) is 103 Å². The summed E-state index contributed by atoms with van der Waals surface area (Å²) in [6.07, 6.45) is 0. The first-order chi connectivity index (χ1) is 11.8. The molecule has 3 rings (SSSR count). The van der Waals surface area contributed by atoms with Crippen LogP contribution in [0.1, 0.15) is 17.3 Å². The van der Waals surface area contributed by atoms with E-state index < -0.39 is 10.8 Å². The molecule has 0 saturated heterocycles. The van der Waals surface area contributed by atoms with Gasteiger partial charge in [0.2, 0.25) is 5.96 Å². The highest BCUT2D eigenvalue weighted by Gasteiger charge is 2.29. The van der Waals surface area contributed by atoms with Crippen LogP contribution in [0, 0.1) is 0 Å². The number of carbonyl (C=O) groups is 1. The van der Waals surface area contributed by atoms with Crippen molar-refractivity contribution in [3.05, 3.63) is 47.0 Å². The van der Waals surface area contributed by atoms with Gasteiger partial charge in [0.15, 0.2) is 5.78 Å². The molecular formula is C16H16ClN3O4S. The average molecular weight is 382 g/mol. The van der Waals surface area contributed by atoms with Gasteiger partial charge in [-0.15, -0.1) is 4.40 Å². The van der Waals surface area contributed by atoms with E-state index in [2.05, 4.69) is 15.0 Å². The van der Waals surface area contributed by atoms with E-state index >= 15 is 0 Å². The van der Waals surface area contributed by atoms with Gasteiger partial charge in [0.1, 0.15) is 16.3 Å². The van der Waals surface area contributed by atoms with Crippen molar-refractivity contribution in [2.24, 2.45) is 4.40 Å². The Kier molecular flexibility index (Phi) is 4.61. The van der Waals surface area contributed by atoms with E-state index in [1.54, 1.807) is 30.3 Å². The molecule has 0 aromatic heterocycles. The van der Waals surface area contributed by atoms with Crippen LogP contribution in [-0.4, -0.2) is 28.0 Å². The number of ether oxygens (including phenoxy) is 1. The number of guanidine groups is 1. The first-order valence-corrected chi connectivity index (χ1v) is 9.09. The van der Waals surface area contributed by atoms with Gasteiger partial charge in [0, 0.05) is 22.3 Å². The number of halogens is 1. The van der Waals surface area contributed by atoms with Gasteiger partial charge in [0.25, 0.3) is 0 Å². The molecule has 0 amide bonds. The van der Waals surface area contributed by atoms with Crippen molar-refractivity contribution < 1.29 is 18.6 Å². The number of nitrogens with zero attached hydrogens (tertiary/aromatic N) is 1. The lowest BCUT2D eigenvalue weighted by molar-refractivity contribution is 0.101. The fourth-order valence-electron chi connectivity index (χ4n) is 2.38. The number of carbonyl (C=O) groups excluding carboxylic acids is 1. The Balaban J connectivity index is 1.97. The maximum atomic E-state index is 11.5. The summed E-state index contributed by atoms with van der Waals surface area (Å²) in [5.74, 6) is 0.399. The molecule has 9 heteroatoms. The summed E-state index contributed by atoms with van der Waals surface area (Å²) in [6.45, 7) is 1.47. The summed E-state index contributed by atoms with van der Waals surface area (Å²) >= 11 is 5.99. The van der Waals surface area contributed by atoms with Gasteiger partial charge in [0.05, 0.1) is 7.11 Å². The summed E-state index contributed by atoms with van der Waals surface area (Å²) < 4.78 is 29.9. The number of nitrogens with one attached hydrogen (secondary N) is 2. The Morgan fingerprint density at radius 3 is 2.76 bits per heavy atom. The van der Waals surface area contributed by atoms with Crippen molar-refractivity contribution in [3.8, 4) is 5.75 Å². The second-order valence-corrected chi connectivity index (χ2v) is 7.42. The van der Waals surface area contributed by atoms with Crippen LogP contribution in [0.3, 0.4) is 0 Å². The van der Waals surface area contributed by atoms with Gasteiger partial charge in [-0.3, -0.25) is 13.9 Å². The van der Waals surface area contributed by atoms with Gasteiger partial charge < -0.3 is 15.4 Å². The van der Waals surface area contributed by atoms with Gasteiger partial charge in [-0.2, -0.15) is 0 Å². The molecule has 0 atom stereocenters. The molecule has 132 valence electrons. The van der Waals surface area contributed by atoms with E-state index in [1.807, 2.05) is 0 Å². The van der Waals surface area contributed by atoms with Crippen LogP contribution in [0.15, 0.2) is 45.7 Å². The standard InChI is InChI=1S/C16H16ClN3O4S/c1-9(21)10-4-3-5-12(6-10)18-16-19-15-13(24-2)7-11(17)8-14(15)25(22,23)20-16/h3-8,22-23H,1-2H3,(H2,18,19,20). The van der Waals surface area contributed by atoms with Crippen LogP contribution in [0.25, 0.3) is 0 Å². The molecule has 0 radical (unpaired) electrons. The highest BCUT2D eigenvalue weighted by Crippen LogP contribution is 2.57. The molecular weight excluding hydrogens is 366 g/mol. The number of hydrogen-bond acceptors (Lipinski definition) is 7. The maximum Gasteiger partial charge on any atom is 0.223 e. The van der Waals surface area contributed by atoms with Crippen molar-refractivity contribution in [3.63, 3.8) is 0 Å². The monoisotopic (exact) mass is 381 g/mol. The largest absolute Gasteiger partial charge is 0.494 e. The van der Waals surface area contributed by atoms with Gasteiger partial charge in [-0.25, -0.2) is 0 Å². The highest BCUT2D eigenvalue weighted by atomic mass is 35.5. The second kappa shape index (κ2) is 6.57. The lowest BCUT2D eigenvalue weighted by atomic mass is 10.1. The van der Waals surface area contributed by atoms with Crippen LogP contribution in [0.2, 0.25) is 5.02 Å². The van der Waals surface area contributed by atoms with E-state index in [1.165, 1.54) is 20.1 Å². The molecule has 2 aromatic rings. The summed E-state index contributed by atoms with van der Waals surface area (Å²) in [4.78, 5) is 11.6. The minimum Gasteiger partial charge on any atom is -0.494 e. The number of benzene rings is 2. The first-order valence-electron chi connectivity index (χ1n) is 7.21. The molecule has 0 fully saturated rings. The zero-order valence-corrected chi connectivity index (χ0v) is 15.0. The van der Waals surface area contributed by atoms with Gasteiger partial charge in [-0.05, 0) is 25.1 Å². The Morgan fingerprint density at radius 2 is 2.08 bits per heavy atom. The van der Waals surface area contributed by atoms with E-state index in [4.69, 9.17) is 16.3 Å². The molecule has 0 bridgehead atoms. The molecule has 0 unspecified atom stereocenters. The predicted molar refractivity (Wildman–Crippen MR) is 100 cm³/mol. The first kappa shape index (κ1) is 17.6. The molecule has 0 spiro atoms. The zero-order valence-electron chi connectivity index (χ0n) is 13.4. The van der Waals surface area contributed by atoms with E-state index in [-0.39, 0.29) is 16.6 Å². The maximum absolute atomic E-state index is 11.5. The van der Waals surface area contributed by atoms with Crippen LogP contribution in [-0.2, 0) is 0 Å². The normalized spacial score (nSPS) is 16.1. The van der Waals surface area contributed by atoms with Crippen molar-refractivity contribution in [1.82, 2.24) is 0 Å². The molecule has 7 nitrogen and oxygen atoms in total. The molecule has 1 aliphatic rings. The summed E-state index contributed by atoms with van der Waals surface area (Å²) in [5.41, 5.74) is 1.47. The fraction of sp³-hybridized carbons (Fsp3) is 0.125. The fourth-order valence-corrected chi connectivity index (χ4v) is 3.81. The van der Waals surface area contributed by atoms with Crippen LogP contribution >= 0.6 is 22.4 Å². The molecule has 1 heterocycles.